The van der Waals surface area contributed by atoms with Crippen molar-refractivity contribution in [1.29, 1.82) is 0 Å². The van der Waals surface area contributed by atoms with Gasteiger partial charge in [0.2, 0.25) is 0 Å². The zero-order chi connectivity index (χ0) is 14.9. The fraction of sp³-hybridized carbons (Fsp3) is 0.143. The van der Waals surface area contributed by atoms with Crippen LogP contribution < -0.4 is 4.74 Å². The molecular weight excluding hydrogens is 401 g/mol. The molecule has 6 heteroatoms. The van der Waals surface area contributed by atoms with E-state index in [0.29, 0.717) is 15.8 Å². The van der Waals surface area contributed by atoms with Gasteiger partial charge in [0.15, 0.2) is 17.5 Å². The molecular formula is C14H9Br2F3O. The molecule has 1 unspecified atom stereocenters. The van der Waals surface area contributed by atoms with Crippen molar-refractivity contribution in [1.82, 2.24) is 0 Å². The van der Waals surface area contributed by atoms with E-state index >= 15 is 0 Å². The van der Waals surface area contributed by atoms with E-state index in [-0.39, 0.29) is 0 Å². The lowest BCUT2D eigenvalue weighted by atomic mass is 10.0. The number of alkyl halides is 1. The van der Waals surface area contributed by atoms with Gasteiger partial charge in [0.05, 0.1) is 16.4 Å². The lowest BCUT2D eigenvalue weighted by molar-refractivity contribution is 0.412. The van der Waals surface area contributed by atoms with Crippen molar-refractivity contribution in [3.63, 3.8) is 0 Å². The maximum Gasteiger partial charge on any atom is 0.194 e. The number of rotatable bonds is 3. The second-order valence-electron chi connectivity index (χ2n) is 4.06. The fourth-order valence-corrected chi connectivity index (χ4v) is 2.86. The van der Waals surface area contributed by atoms with Gasteiger partial charge in [0, 0.05) is 0 Å². The van der Waals surface area contributed by atoms with Crippen LogP contribution in [0.4, 0.5) is 13.2 Å². The molecule has 0 aliphatic rings. The standard InChI is InChI=1S/C14H9Br2F3O/c1-20-12-3-2-7(4-9(12)15)13(16)8-5-10(17)14(19)11(18)6-8/h2-6,13H,1H3. The van der Waals surface area contributed by atoms with Gasteiger partial charge in [-0.2, -0.15) is 0 Å². The third-order valence-corrected chi connectivity index (χ3v) is 4.44. The average Bonchev–Trinajstić information content (AvgIpc) is 2.43. The lowest BCUT2D eigenvalue weighted by Crippen LogP contribution is -1.99. The zero-order valence-corrected chi connectivity index (χ0v) is 13.4. The van der Waals surface area contributed by atoms with E-state index in [4.69, 9.17) is 4.74 Å². The number of hydrogen-bond acceptors (Lipinski definition) is 1. The first-order valence-corrected chi connectivity index (χ1v) is 7.27. The highest BCUT2D eigenvalue weighted by Gasteiger charge is 2.17. The van der Waals surface area contributed by atoms with Crippen LogP contribution in [0.25, 0.3) is 0 Å². The summed E-state index contributed by atoms with van der Waals surface area (Å²) in [5, 5.41) is 0. The Morgan fingerprint density at radius 2 is 1.60 bits per heavy atom. The predicted molar refractivity (Wildman–Crippen MR) is 77.8 cm³/mol. The molecule has 2 aromatic carbocycles. The quantitative estimate of drug-likeness (QED) is 0.489. The summed E-state index contributed by atoms with van der Waals surface area (Å²) >= 11 is 6.68. The molecule has 20 heavy (non-hydrogen) atoms. The van der Waals surface area contributed by atoms with Crippen LogP contribution in [0.5, 0.6) is 5.75 Å². The first kappa shape index (κ1) is 15.4. The Hall–Kier alpha value is -1.01. The topological polar surface area (TPSA) is 9.23 Å². The second kappa shape index (κ2) is 6.18. The lowest BCUT2D eigenvalue weighted by Gasteiger charge is -2.13. The molecule has 0 radical (unpaired) electrons. The molecule has 0 fully saturated rings. The van der Waals surface area contributed by atoms with Crippen molar-refractivity contribution < 1.29 is 17.9 Å². The van der Waals surface area contributed by atoms with Gasteiger partial charge in [-0.3, -0.25) is 0 Å². The van der Waals surface area contributed by atoms with Gasteiger partial charge in [-0.25, -0.2) is 13.2 Å². The molecule has 0 aromatic heterocycles. The van der Waals surface area contributed by atoms with Crippen LogP contribution in [-0.2, 0) is 0 Å². The van der Waals surface area contributed by atoms with Crippen LogP contribution in [0.2, 0.25) is 0 Å². The summed E-state index contributed by atoms with van der Waals surface area (Å²) in [6, 6.07) is 7.18. The molecule has 0 aliphatic carbocycles. The largest absolute Gasteiger partial charge is 0.496 e. The van der Waals surface area contributed by atoms with E-state index in [1.165, 1.54) is 7.11 Å². The van der Waals surface area contributed by atoms with Gasteiger partial charge >= 0.3 is 0 Å². The molecule has 0 heterocycles. The van der Waals surface area contributed by atoms with Crippen molar-refractivity contribution in [2.24, 2.45) is 0 Å². The van der Waals surface area contributed by atoms with Gasteiger partial charge in [-0.05, 0) is 51.3 Å². The summed E-state index contributed by atoms with van der Waals surface area (Å²) < 4.78 is 45.3. The predicted octanol–water partition coefficient (Wildman–Crippen LogP) is 5.36. The van der Waals surface area contributed by atoms with Crippen LogP contribution in [0.15, 0.2) is 34.8 Å². The Bertz CT molecular complexity index is 623. The normalized spacial score (nSPS) is 12.3. The number of halogens is 5. The van der Waals surface area contributed by atoms with Gasteiger partial charge in [-0.15, -0.1) is 0 Å². The molecule has 0 N–H and O–H groups in total. The van der Waals surface area contributed by atoms with E-state index < -0.39 is 22.3 Å². The number of ether oxygens (including phenoxy) is 1. The molecule has 2 aromatic rings. The van der Waals surface area contributed by atoms with Crippen LogP contribution in [0, 0.1) is 17.5 Å². The Morgan fingerprint density at radius 1 is 1.00 bits per heavy atom. The SMILES string of the molecule is COc1ccc(C(Br)c2cc(F)c(F)c(F)c2)cc1Br. The van der Waals surface area contributed by atoms with Gasteiger partial charge in [0.25, 0.3) is 0 Å². The maximum absolute atomic E-state index is 13.2. The molecule has 0 aliphatic heterocycles. The van der Waals surface area contributed by atoms with Crippen LogP contribution >= 0.6 is 31.9 Å². The molecule has 0 bridgehead atoms. The monoisotopic (exact) mass is 408 g/mol. The van der Waals surface area contributed by atoms with Gasteiger partial charge in [0.1, 0.15) is 5.75 Å². The van der Waals surface area contributed by atoms with E-state index in [1.807, 2.05) is 0 Å². The highest BCUT2D eigenvalue weighted by Crippen LogP contribution is 2.36. The molecule has 2 rings (SSSR count). The second-order valence-corrected chi connectivity index (χ2v) is 5.83. The highest BCUT2D eigenvalue weighted by atomic mass is 79.9. The highest BCUT2D eigenvalue weighted by molar-refractivity contribution is 9.10. The number of hydrogen-bond donors (Lipinski definition) is 0. The summed E-state index contributed by atoms with van der Waals surface area (Å²) in [6.45, 7) is 0. The summed E-state index contributed by atoms with van der Waals surface area (Å²) in [6.07, 6.45) is 0. The molecule has 0 amide bonds. The minimum absolute atomic E-state index is 0.290. The summed E-state index contributed by atoms with van der Waals surface area (Å²) in [7, 11) is 1.54. The molecule has 0 saturated heterocycles. The molecule has 106 valence electrons. The smallest absolute Gasteiger partial charge is 0.194 e. The van der Waals surface area contributed by atoms with Crippen molar-refractivity contribution in [3.05, 3.63) is 63.4 Å². The summed E-state index contributed by atoms with van der Waals surface area (Å²) in [5.41, 5.74) is 1.04. The molecule has 1 atom stereocenters. The number of methoxy groups -OCH3 is 1. The average molecular weight is 410 g/mol. The fourth-order valence-electron chi connectivity index (χ4n) is 1.75. The van der Waals surface area contributed by atoms with E-state index in [9.17, 15) is 13.2 Å². The Balaban J connectivity index is 2.41. The minimum atomic E-state index is -1.47. The first-order valence-electron chi connectivity index (χ1n) is 5.56. The van der Waals surface area contributed by atoms with Crippen LogP contribution in [-0.4, -0.2) is 7.11 Å². The third kappa shape index (κ3) is 3.01. The van der Waals surface area contributed by atoms with E-state index in [1.54, 1.807) is 18.2 Å². The van der Waals surface area contributed by atoms with Gasteiger partial charge < -0.3 is 4.74 Å². The van der Waals surface area contributed by atoms with E-state index in [2.05, 4.69) is 31.9 Å². The van der Waals surface area contributed by atoms with Crippen LogP contribution in [0.3, 0.4) is 0 Å². The molecule has 0 spiro atoms. The maximum atomic E-state index is 13.2. The van der Waals surface area contributed by atoms with Gasteiger partial charge in [-0.1, -0.05) is 22.0 Å². The van der Waals surface area contributed by atoms with E-state index in [0.717, 1.165) is 17.7 Å². The van der Waals surface area contributed by atoms with Crippen molar-refractivity contribution in [2.75, 3.05) is 7.11 Å². The van der Waals surface area contributed by atoms with Crippen molar-refractivity contribution >= 4 is 31.9 Å². The Morgan fingerprint density at radius 3 is 2.10 bits per heavy atom. The third-order valence-electron chi connectivity index (χ3n) is 2.77. The molecule has 1 nitrogen and oxygen atoms in total. The number of benzene rings is 2. The Labute approximate surface area is 131 Å². The summed E-state index contributed by atoms with van der Waals surface area (Å²) in [4.78, 5) is -0.464. The van der Waals surface area contributed by atoms with Crippen molar-refractivity contribution in [3.8, 4) is 5.75 Å². The van der Waals surface area contributed by atoms with Crippen LogP contribution in [0.1, 0.15) is 16.0 Å². The summed E-state index contributed by atoms with van der Waals surface area (Å²) in [5.74, 6) is -3.25. The minimum Gasteiger partial charge on any atom is -0.496 e. The first-order chi connectivity index (χ1) is 9.43. The molecule has 0 saturated carbocycles. The van der Waals surface area contributed by atoms with Crippen molar-refractivity contribution in [2.45, 2.75) is 4.83 Å². The Kier molecular flexibility index (Phi) is 4.75. The zero-order valence-electron chi connectivity index (χ0n) is 10.3.